The van der Waals surface area contributed by atoms with Gasteiger partial charge in [0.1, 0.15) is 6.61 Å². The summed E-state index contributed by atoms with van der Waals surface area (Å²) < 4.78 is 16.4. The Hall–Kier alpha value is -4.64. The number of carbonyl (C=O) groups excluding carboxylic acids is 2. The first-order valence-electron chi connectivity index (χ1n) is 12.4. The van der Waals surface area contributed by atoms with E-state index >= 15 is 0 Å². The number of nitro groups is 1. The summed E-state index contributed by atoms with van der Waals surface area (Å²) in [6.07, 6.45) is 1.78. The van der Waals surface area contributed by atoms with Crippen molar-refractivity contribution in [2.45, 2.75) is 20.5 Å². The monoisotopic (exact) mass is 561 g/mol. The predicted molar refractivity (Wildman–Crippen MR) is 153 cm³/mol. The lowest BCUT2D eigenvalue weighted by Crippen LogP contribution is -2.28. The first kappa shape index (κ1) is 28.4. The molecule has 1 amide bonds. The lowest BCUT2D eigenvalue weighted by atomic mass is 10.1. The Morgan fingerprint density at radius 1 is 1.02 bits per heavy atom. The van der Waals surface area contributed by atoms with Gasteiger partial charge >= 0.3 is 5.97 Å². The molecule has 0 spiro atoms. The Morgan fingerprint density at radius 3 is 2.38 bits per heavy atom. The number of hydrogen-bond acceptors (Lipinski definition) is 9. The van der Waals surface area contributed by atoms with Crippen LogP contribution < -0.4 is 9.47 Å². The van der Waals surface area contributed by atoms with Gasteiger partial charge in [-0.15, -0.1) is 0 Å². The molecular formula is C29H27N3O7S. The average molecular weight is 562 g/mol. The maximum atomic E-state index is 13.1. The maximum absolute atomic E-state index is 13.1. The normalized spacial score (nSPS) is 15.0. The summed E-state index contributed by atoms with van der Waals surface area (Å²) in [7, 11) is 1.32. The minimum Gasteiger partial charge on any atom is -0.490 e. The molecule has 10 nitrogen and oxygen atoms in total. The predicted octanol–water partition coefficient (Wildman–Crippen LogP) is 5.98. The number of aliphatic imine (C=N–C) groups is 1. The highest BCUT2D eigenvalue weighted by Crippen LogP contribution is 2.36. The van der Waals surface area contributed by atoms with E-state index in [4.69, 9.17) is 14.2 Å². The highest BCUT2D eigenvalue weighted by Gasteiger charge is 2.32. The van der Waals surface area contributed by atoms with E-state index < -0.39 is 10.9 Å². The molecule has 206 valence electrons. The fourth-order valence-electron chi connectivity index (χ4n) is 3.80. The fraction of sp³-hybridized carbons (Fsp3) is 0.207. The number of nitro benzene ring substituents is 1. The van der Waals surface area contributed by atoms with Crippen LogP contribution in [0.3, 0.4) is 0 Å². The zero-order valence-electron chi connectivity index (χ0n) is 22.2. The topological polar surface area (TPSA) is 121 Å². The molecule has 0 unspecified atom stereocenters. The molecule has 0 saturated carbocycles. The van der Waals surface area contributed by atoms with Crippen molar-refractivity contribution in [1.82, 2.24) is 4.90 Å². The van der Waals surface area contributed by atoms with Crippen molar-refractivity contribution in [3.8, 4) is 11.5 Å². The third kappa shape index (κ3) is 6.67. The summed E-state index contributed by atoms with van der Waals surface area (Å²) in [5, 5.41) is 11.4. The van der Waals surface area contributed by atoms with Crippen LogP contribution in [0.5, 0.6) is 11.5 Å². The molecule has 3 aromatic rings. The third-order valence-electron chi connectivity index (χ3n) is 5.82. The summed E-state index contributed by atoms with van der Waals surface area (Å²) in [6, 6.07) is 18.2. The van der Waals surface area contributed by atoms with Crippen LogP contribution in [0.2, 0.25) is 0 Å². The highest BCUT2D eigenvalue weighted by molar-refractivity contribution is 8.18. The Bertz CT molecular complexity index is 1470. The van der Waals surface area contributed by atoms with E-state index in [2.05, 4.69) is 4.99 Å². The summed E-state index contributed by atoms with van der Waals surface area (Å²) in [6.45, 7) is 4.81. The zero-order chi connectivity index (χ0) is 28.6. The maximum Gasteiger partial charge on any atom is 0.337 e. The Kier molecular flexibility index (Phi) is 9.18. The van der Waals surface area contributed by atoms with Crippen LogP contribution in [-0.2, 0) is 16.1 Å². The van der Waals surface area contributed by atoms with Crippen molar-refractivity contribution in [3.63, 3.8) is 0 Å². The van der Waals surface area contributed by atoms with Crippen molar-refractivity contribution in [2.75, 3.05) is 20.3 Å². The number of hydrogen-bond donors (Lipinski definition) is 0. The quantitative estimate of drug-likeness (QED) is 0.128. The Morgan fingerprint density at radius 2 is 1.75 bits per heavy atom. The van der Waals surface area contributed by atoms with Gasteiger partial charge in [0.25, 0.3) is 11.6 Å². The van der Waals surface area contributed by atoms with E-state index in [0.29, 0.717) is 46.0 Å². The van der Waals surface area contributed by atoms with Gasteiger partial charge in [-0.2, -0.15) is 0 Å². The molecule has 3 aromatic carbocycles. The van der Waals surface area contributed by atoms with Gasteiger partial charge in [0, 0.05) is 18.7 Å². The number of rotatable bonds is 10. The molecular weight excluding hydrogens is 534 g/mol. The van der Waals surface area contributed by atoms with Crippen LogP contribution in [0.1, 0.15) is 35.3 Å². The molecule has 11 heteroatoms. The van der Waals surface area contributed by atoms with Crippen molar-refractivity contribution in [3.05, 3.63) is 98.4 Å². The minimum absolute atomic E-state index is 0.0155. The first-order chi connectivity index (χ1) is 19.3. The van der Waals surface area contributed by atoms with Gasteiger partial charge in [-0.05, 0) is 91.3 Å². The molecule has 1 saturated heterocycles. The smallest absolute Gasteiger partial charge is 0.337 e. The standard InChI is InChI=1S/C29H27N3O7S/c1-4-31-27(33)26(40-29(31)30-22-11-9-21(10-12-22)28(34)37-3)17-20-8-15-24(25(16-20)38-5-2)39-18-19-6-13-23(14-7-19)32(35)36/h6-17H,4-5,18H2,1-3H3/b26-17+,30-29?. The number of carbonyl (C=O) groups is 2. The first-order valence-corrected chi connectivity index (χ1v) is 13.3. The van der Waals surface area contributed by atoms with Gasteiger partial charge in [0.2, 0.25) is 0 Å². The Labute approximate surface area is 235 Å². The van der Waals surface area contributed by atoms with Gasteiger partial charge in [-0.1, -0.05) is 6.07 Å². The fourth-order valence-corrected chi connectivity index (χ4v) is 4.86. The van der Waals surface area contributed by atoms with Crippen molar-refractivity contribution in [1.29, 1.82) is 0 Å². The van der Waals surface area contributed by atoms with Crippen LogP contribution in [-0.4, -0.2) is 47.1 Å². The average Bonchev–Trinajstić information content (AvgIpc) is 3.25. The second kappa shape index (κ2) is 12.9. The van der Waals surface area contributed by atoms with Gasteiger partial charge < -0.3 is 14.2 Å². The SMILES string of the molecule is CCOc1cc(/C=C2/SC(=Nc3ccc(C(=O)OC)cc3)N(CC)C2=O)ccc1OCc1ccc([N+](=O)[O-])cc1. The molecule has 0 bridgehead atoms. The lowest BCUT2D eigenvalue weighted by Gasteiger charge is -2.13. The second-order valence-corrected chi connectivity index (χ2v) is 9.45. The second-order valence-electron chi connectivity index (χ2n) is 8.44. The minimum atomic E-state index is -0.448. The summed E-state index contributed by atoms with van der Waals surface area (Å²) in [4.78, 5) is 41.9. The van der Waals surface area contributed by atoms with Crippen molar-refractivity contribution in [2.24, 2.45) is 4.99 Å². The number of likely N-dealkylation sites (N-methyl/N-ethyl adjacent to an activating group) is 1. The van der Waals surface area contributed by atoms with E-state index in [0.717, 1.165) is 11.1 Å². The summed E-state index contributed by atoms with van der Waals surface area (Å²) >= 11 is 1.27. The van der Waals surface area contributed by atoms with Crippen LogP contribution in [0.4, 0.5) is 11.4 Å². The van der Waals surface area contributed by atoms with Crippen LogP contribution >= 0.6 is 11.8 Å². The van der Waals surface area contributed by atoms with Gasteiger partial charge in [0.05, 0.1) is 34.8 Å². The number of methoxy groups -OCH3 is 1. The number of ether oxygens (including phenoxy) is 3. The Balaban J connectivity index is 1.52. The number of benzene rings is 3. The molecule has 0 aromatic heterocycles. The number of non-ortho nitro benzene ring substituents is 1. The van der Waals surface area contributed by atoms with E-state index in [9.17, 15) is 19.7 Å². The molecule has 1 aliphatic heterocycles. The number of amides is 1. The number of amidine groups is 1. The summed E-state index contributed by atoms with van der Waals surface area (Å²) in [5.74, 6) is 0.440. The van der Waals surface area contributed by atoms with Gasteiger partial charge in [-0.3, -0.25) is 19.8 Å². The van der Waals surface area contributed by atoms with Crippen LogP contribution in [0.25, 0.3) is 6.08 Å². The van der Waals surface area contributed by atoms with Crippen LogP contribution in [0.15, 0.2) is 76.6 Å². The molecule has 0 atom stereocenters. The van der Waals surface area contributed by atoms with Crippen LogP contribution in [0, 0.1) is 10.1 Å². The van der Waals surface area contributed by atoms with Crippen molar-refractivity contribution < 1.29 is 28.7 Å². The van der Waals surface area contributed by atoms with E-state index in [1.54, 1.807) is 59.5 Å². The molecule has 4 rings (SSSR count). The number of esters is 1. The lowest BCUT2D eigenvalue weighted by molar-refractivity contribution is -0.384. The number of nitrogens with zero attached hydrogens (tertiary/aromatic N) is 3. The van der Waals surface area contributed by atoms with Crippen molar-refractivity contribution >= 4 is 46.3 Å². The van der Waals surface area contributed by atoms with E-state index in [1.807, 2.05) is 19.9 Å². The van der Waals surface area contributed by atoms with E-state index in [-0.39, 0.29) is 18.2 Å². The molecule has 0 radical (unpaired) electrons. The molecule has 40 heavy (non-hydrogen) atoms. The third-order valence-corrected chi connectivity index (χ3v) is 6.83. The zero-order valence-corrected chi connectivity index (χ0v) is 23.0. The van der Waals surface area contributed by atoms with E-state index in [1.165, 1.54) is 31.0 Å². The molecule has 1 heterocycles. The number of thioether (sulfide) groups is 1. The summed E-state index contributed by atoms with van der Waals surface area (Å²) in [5.41, 5.74) is 2.57. The largest absolute Gasteiger partial charge is 0.490 e. The van der Waals surface area contributed by atoms with Gasteiger partial charge in [-0.25, -0.2) is 9.79 Å². The molecule has 1 fully saturated rings. The van der Waals surface area contributed by atoms with Gasteiger partial charge in [0.15, 0.2) is 16.7 Å². The highest BCUT2D eigenvalue weighted by atomic mass is 32.2. The molecule has 0 N–H and O–H groups in total. The molecule has 0 aliphatic carbocycles. The molecule has 1 aliphatic rings.